The van der Waals surface area contributed by atoms with Gasteiger partial charge in [-0.15, -0.1) is 41.9 Å². The van der Waals surface area contributed by atoms with Crippen molar-refractivity contribution < 1.29 is 0 Å². The third-order valence-corrected chi connectivity index (χ3v) is 2.93. The molecule has 1 rings (SSSR count). The van der Waals surface area contributed by atoms with Crippen LogP contribution in [0.1, 0.15) is 16.7 Å². The first-order chi connectivity index (χ1) is 7.76. The molecule has 0 saturated heterocycles. The van der Waals surface area contributed by atoms with Crippen LogP contribution in [0, 0.1) is 6.92 Å². The summed E-state index contributed by atoms with van der Waals surface area (Å²) in [7, 11) is 0. The molecule has 0 spiro atoms. The lowest BCUT2D eigenvalue weighted by molar-refractivity contribution is 0.863. The molecule has 0 fully saturated rings. The molecule has 96 valence electrons. The van der Waals surface area contributed by atoms with E-state index in [4.69, 9.17) is 0 Å². The van der Waals surface area contributed by atoms with Crippen LogP contribution in [0.2, 0.25) is 0 Å². The molecule has 0 amide bonds. The molecule has 0 aliphatic carbocycles. The van der Waals surface area contributed by atoms with Crippen LogP contribution >= 0.6 is 35.3 Å². The molecule has 1 heterocycles. The van der Waals surface area contributed by atoms with Gasteiger partial charge < -0.3 is 10.6 Å². The zero-order chi connectivity index (χ0) is 11.8. The standard InChI is InChI=1S/C12H19N3S.HI/c1-4-8-14-12(13-5-2)15-9-11-7-6-10(3)16-11;/h4,6-7H,1,5,8-9H2,2-3H3,(H2,13,14,15);1H. The van der Waals surface area contributed by atoms with Crippen LogP contribution in [0.15, 0.2) is 29.8 Å². The first-order valence-corrected chi connectivity index (χ1v) is 6.26. The van der Waals surface area contributed by atoms with Gasteiger partial charge in [-0.05, 0) is 26.0 Å². The third-order valence-electron chi connectivity index (χ3n) is 1.95. The molecule has 0 atom stereocenters. The second-order valence-corrected chi connectivity index (χ2v) is 4.75. The fraction of sp³-hybridized carbons (Fsp3) is 0.417. The predicted octanol–water partition coefficient (Wildman–Crippen LogP) is 2.92. The number of aryl methyl sites for hydroxylation is 1. The lowest BCUT2D eigenvalue weighted by Crippen LogP contribution is -2.37. The van der Waals surface area contributed by atoms with Gasteiger partial charge in [-0.1, -0.05) is 6.08 Å². The van der Waals surface area contributed by atoms with Crippen LogP contribution in [0.3, 0.4) is 0 Å². The highest BCUT2D eigenvalue weighted by Crippen LogP contribution is 2.15. The van der Waals surface area contributed by atoms with Gasteiger partial charge in [0.1, 0.15) is 0 Å². The van der Waals surface area contributed by atoms with E-state index < -0.39 is 0 Å². The molecular weight excluding hydrogens is 345 g/mol. The Morgan fingerprint density at radius 1 is 1.47 bits per heavy atom. The van der Waals surface area contributed by atoms with Crippen LogP contribution in [0.5, 0.6) is 0 Å². The van der Waals surface area contributed by atoms with Gasteiger partial charge >= 0.3 is 0 Å². The second-order valence-electron chi connectivity index (χ2n) is 3.38. The van der Waals surface area contributed by atoms with Crippen molar-refractivity contribution >= 4 is 41.3 Å². The number of rotatable bonds is 5. The Balaban J connectivity index is 0.00000256. The Bertz CT molecular complexity index is 360. The minimum absolute atomic E-state index is 0. The van der Waals surface area contributed by atoms with E-state index in [1.54, 1.807) is 11.3 Å². The van der Waals surface area contributed by atoms with Crippen LogP contribution in [-0.4, -0.2) is 19.0 Å². The molecule has 17 heavy (non-hydrogen) atoms. The summed E-state index contributed by atoms with van der Waals surface area (Å²) in [6.07, 6.45) is 1.82. The largest absolute Gasteiger partial charge is 0.357 e. The highest BCUT2D eigenvalue weighted by atomic mass is 127. The molecule has 5 heteroatoms. The van der Waals surface area contributed by atoms with Crippen LogP contribution < -0.4 is 10.6 Å². The van der Waals surface area contributed by atoms with E-state index >= 15 is 0 Å². The summed E-state index contributed by atoms with van der Waals surface area (Å²) in [5.41, 5.74) is 0. The van der Waals surface area contributed by atoms with Crippen molar-refractivity contribution in [1.82, 2.24) is 10.6 Å². The molecule has 3 nitrogen and oxygen atoms in total. The summed E-state index contributed by atoms with van der Waals surface area (Å²) in [6, 6.07) is 4.25. The van der Waals surface area contributed by atoms with Gasteiger partial charge in [0.25, 0.3) is 0 Å². The quantitative estimate of drug-likeness (QED) is 0.364. The Kier molecular flexibility index (Phi) is 9.16. The minimum atomic E-state index is 0. The topological polar surface area (TPSA) is 36.4 Å². The highest BCUT2D eigenvalue weighted by molar-refractivity contribution is 14.0. The number of aliphatic imine (C=N–C) groups is 1. The zero-order valence-electron chi connectivity index (χ0n) is 10.3. The van der Waals surface area contributed by atoms with E-state index in [9.17, 15) is 0 Å². The Labute approximate surface area is 124 Å². The molecule has 2 N–H and O–H groups in total. The highest BCUT2D eigenvalue weighted by Gasteiger charge is 1.97. The molecule has 0 saturated carbocycles. The molecule has 0 bridgehead atoms. The van der Waals surface area contributed by atoms with Crippen molar-refractivity contribution in [2.45, 2.75) is 20.4 Å². The maximum absolute atomic E-state index is 4.49. The van der Waals surface area contributed by atoms with E-state index in [0.29, 0.717) is 0 Å². The number of guanidine groups is 1. The number of nitrogens with zero attached hydrogens (tertiary/aromatic N) is 1. The summed E-state index contributed by atoms with van der Waals surface area (Å²) in [6.45, 7) is 10.2. The smallest absolute Gasteiger partial charge is 0.191 e. The van der Waals surface area contributed by atoms with Crippen LogP contribution in [-0.2, 0) is 6.54 Å². The molecule has 0 radical (unpaired) electrons. The number of thiophene rings is 1. The predicted molar refractivity (Wildman–Crippen MR) is 87.5 cm³/mol. The Morgan fingerprint density at radius 3 is 2.76 bits per heavy atom. The van der Waals surface area contributed by atoms with Gasteiger partial charge in [-0.3, -0.25) is 0 Å². The average Bonchev–Trinajstić information content (AvgIpc) is 2.68. The van der Waals surface area contributed by atoms with Crippen molar-refractivity contribution in [2.75, 3.05) is 13.1 Å². The zero-order valence-corrected chi connectivity index (χ0v) is 13.5. The van der Waals surface area contributed by atoms with E-state index in [2.05, 4.69) is 48.2 Å². The van der Waals surface area contributed by atoms with E-state index in [-0.39, 0.29) is 24.0 Å². The molecule has 0 unspecified atom stereocenters. The van der Waals surface area contributed by atoms with Crippen molar-refractivity contribution in [3.05, 3.63) is 34.5 Å². The van der Waals surface area contributed by atoms with Gasteiger partial charge in [0.05, 0.1) is 6.54 Å². The molecule has 1 aromatic rings. The van der Waals surface area contributed by atoms with Crippen molar-refractivity contribution in [3.63, 3.8) is 0 Å². The maximum atomic E-state index is 4.49. The van der Waals surface area contributed by atoms with Crippen LogP contribution in [0.25, 0.3) is 0 Å². The van der Waals surface area contributed by atoms with E-state index in [1.807, 2.05) is 6.08 Å². The van der Waals surface area contributed by atoms with Gasteiger partial charge in [0.2, 0.25) is 0 Å². The summed E-state index contributed by atoms with van der Waals surface area (Å²) in [4.78, 5) is 7.11. The fourth-order valence-electron chi connectivity index (χ4n) is 1.24. The van der Waals surface area contributed by atoms with Crippen molar-refractivity contribution in [1.29, 1.82) is 0 Å². The third kappa shape index (κ3) is 6.68. The average molecular weight is 365 g/mol. The fourth-order valence-corrected chi connectivity index (χ4v) is 2.05. The van der Waals surface area contributed by atoms with Crippen molar-refractivity contribution in [3.8, 4) is 0 Å². The summed E-state index contributed by atoms with van der Waals surface area (Å²) in [5.74, 6) is 0.841. The molecule has 0 aromatic carbocycles. The molecular formula is C12H20IN3S. The SMILES string of the molecule is C=CCNC(=NCc1ccc(C)s1)NCC.I. The Morgan fingerprint density at radius 2 is 2.24 bits per heavy atom. The van der Waals surface area contributed by atoms with E-state index in [1.165, 1.54) is 9.75 Å². The summed E-state index contributed by atoms with van der Waals surface area (Å²) >= 11 is 1.79. The number of hydrogen-bond donors (Lipinski definition) is 2. The lowest BCUT2D eigenvalue weighted by atomic mass is 10.4. The van der Waals surface area contributed by atoms with E-state index in [0.717, 1.165) is 25.6 Å². The number of halogens is 1. The van der Waals surface area contributed by atoms with Gasteiger partial charge in [-0.25, -0.2) is 4.99 Å². The van der Waals surface area contributed by atoms with Gasteiger partial charge in [-0.2, -0.15) is 0 Å². The monoisotopic (exact) mass is 365 g/mol. The van der Waals surface area contributed by atoms with Crippen molar-refractivity contribution in [2.24, 2.45) is 4.99 Å². The Hall–Kier alpha value is -0.560. The minimum Gasteiger partial charge on any atom is -0.357 e. The lowest BCUT2D eigenvalue weighted by Gasteiger charge is -2.08. The number of nitrogens with one attached hydrogen (secondary N) is 2. The van der Waals surface area contributed by atoms with Crippen LogP contribution in [0.4, 0.5) is 0 Å². The maximum Gasteiger partial charge on any atom is 0.191 e. The molecule has 1 aromatic heterocycles. The van der Waals surface area contributed by atoms with Gasteiger partial charge in [0, 0.05) is 22.8 Å². The second kappa shape index (κ2) is 9.47. The summed E-state index contributed by atoms with van der Waals surface area (Å²) in [5, 5.41) is 6.36. The van der Waals surface area contributed by atoms with Gasteiger partial charge in [0.15, 0.2) is 5.96 Å². The first kappa shape index (κ1) is 16.4. The summed E-state index contributed by atoms with van der Waals surface area (Å²) < 4.78 is 0. The normalized spacial score (nSPS) is 10.6. The molecule has 0 aliphatic rings. The first-order valence-electron chi connectivity index (χ1n) is 5.44. The number of hydrogen-bond acceptors (Lipinski definition) is 2. The molecule has 0 aliphatic heterocycles.